The van der Waals surface area contributed by atoms with Gasteiger partial charge in [-0.05, 0) is 25.5 Å². The van der Waals surface area contributed by atoms with Gasteiger partial charge in [-0.2, -0.15) is 0 Å². The molecule has 1 aliphatic rings. The second-order valence-corrected chi connectivity index (χ2v) is 5.24. The zero-order valence-electron chi connectivity index (χ0n) is 9.80. The van der Waals surface area contributed by atoms with Gasteiger partial charge in [0.2, 0.25) is 0 Å². The van der Waals surface area contributed by atoms with Gasteiger partial charge in [0.25, 0.3) is 0 Å². The smallest absolute Gasteiger partial charge is 0.335 e. The van der Waals surface area contributed by atoms with Crippen LogP contribution in [0.4, 0.5) is 0 Å². The third kappa shape index (κ3) is 3.48. The Labute approximate surface area is 105 Å². The largest absolute Gasteiger partial charge is 0.464 e. The van der Waals surface area contributed by atoms with E-state index in [1.807, 2.05) is 25.1 Å². The summed E-state index contributed by atoms with van der Waals surface area (Å²) >= 11 is 1.76. The lowest BCUT2D eigenvalue weighted by Crippen LogP contribution is -2.22. The molecule has 1 fully saturated rings. The maximum absolute atomic E-state index is 11.5. The van der Waals surface area contributed by atoms with Crippen LogP contribution in [-0.2, 0) is 14.3 Å². The minimum atomic E-state index is -0.379. The topological polar surface area (TPSA) is 35.5 Å². The van der Waals surface area contributed by atoms with E-state index in [9.17, 15) is 4.79 Å². The zero-order chi connectivity index (χ0) is 12.1. The van der Waals surface area contributed by atoms with Gasteiger partial charge in [0.1, 0.15) is 0 Å². The second-order valence-electron chi connectivity index (χ2n) is 3.86. The van der Waals surface area contributed by atoms with Crippen molar-refractivity contribution < 1.29 is 14.3 Å². The van der Waals surface area contributed by atoms with E-state index in [0.717, 1.165) is 6.42 Å². The van der Waals surface area contributed by atoms with Crippen LogP contribution >= 0.6 is 11.8 Å². The molecule has 1 aromatic rings. The maximum Gasteiger partial charge on any atom is 0.335 e. The summed E-state index contributed by atoms with van der Waals surface area (Å²) in [5.74, 6) is -0.233. The molecule has 0 unspecified atom stereocenters. The SMILES string of the molecule is CCOC(=O)[C@@H]1C[C@H](Sc2ccccc2)CO1. The summed E-state index contributed by atoms with van der Waals surface area (Å²) < 4.78 is 10.4. The van der Waals surface area contributed by atoms with Crippen LogP contribution < -0.4 is 0 Å². The van der Waals surface area contributed by atoms with Gasteiger partial charge < -0.3 is 9.47 Å². The summed E-state index contributed by atoms with van der Waals surface area (Å²) in [6.45, 7) is 2.83. The molecule has 3 nitrogen and oxygen atoms in total. The van der Waals surface area contributed by atoms with E-state index < -0.39 is 0 Å². The highest BCUT2D eigenvalue weighted by atomic mass is 32.2. The molecule has 0 aliphatic carbocycles. The summed E-state index contributed by atoms with van der Waals surface area (Å²) in [6.07, 6.45) is 0.356. The van der Waals surface area contributed by atoms with Crippen LogP contribution in [-0.4, -0.2) is 30.5 Å². The minimum Gasteiger partial charge on any atom is -0.464 e. The number of esters is 1. The molecule has 2 atom stereocenters. The number of ether oxygens (including phenoxy) is 2. The summed E-state index contributed by atoms with van der Waals surface area (Å²) in [5, 5.41) is 0.340. The first-order chi connectivity index (χ1) is 8.29. The van der Waals surface area contributed by atoms with E-state index in [1.165, 1.54) is 4.90 Å². The number of thioether (sulfide) groups is 1. The predicted molar refractivity (Wildman–Crippen MR) is 67.1 cm³/mol. The van der Waals surface area contributed by atoms with Crippen molar-refractivity contribution in [2.45, 2.75) is 29.6 Å². The minimum absolute atomic E-state index is 0.233. The molecule has 1 aromatic carbocycles. The molecular formula is C13H16O3S. The standard InChI is InChI=1S/C13H16O3S/c1-2-15-13(14)12-8-11(9-16-12)17-10-6-4-3-5-7-10/h3-7,11-12H,2,8-9H2,1H3/t11-,12-/m0/s1. The normalized spacial score (nSPS) is 23.6. The Kier molecular flexibility index (Phi) is 4.45. The van der Waals surface area contributed by atoms with Crippen molar-refractivity contribution in [3.05, 3.63) is 30.3 Å². The van der Waals surface area contributed by atoms with Crippen molar-refractivity contribution in [3.63, 3.8) is 0 Å². The van der Waals surface area contributed by atoms with Gasteiger partial charge in [-0.1, -0.05) is 18.2 Å². The predicted octanol–water partition coefficient (Wildman–Crippen LogP) is 2.50. The molecule has 0 amide bonds. The number of hydrogen-bond acceptors (Lipinski definition) is 4. The lowest BCUT2D eigenvalue weighted by molar-refractivity contribution is -0.153. The molecule has 0 aromatic heterocycles. The van der Waals surface area contributed by atoms with E-state index in [4.69, 9.17) is 9.47 Å². The number of hydrogen-bond donors (Lipinski definition) is 0. The first kappa shape index (κ1) is 12.5. The van der Waals surface area contributed by atoms with Crippen LogP contribution in [0.1, 0.15) is 13.3 Å². The molecule has 0 bridgehead atoms. The van der Waals surface area contributed by atoms with Crippen LogP contribution in [0.3, 0.4) is 0 Å². The lowest BCUT2D eigenvalue weighted by Gasteiger charge is -2.08. The van der Waals surface area contributed by atoms with Crippen molar-refractivity contribution in [1.82, 2.24) is 0 Å². The van der Waals surface area contributed by atoms with Gasteiger partial charge in [-0.15, -0.1) is 11.8 Å². The maximum atomic E-state index is 11.5. The van der Waals surface area contributed by atoms with Gasteiger partial charge in [0.05, 0.1) is 13.2 Å². The molecule has 2 rings (SSSR count). The number of carbonyl (C=O) groups excluding carboxylic acids is 1. The Morgan fingerprint density at radius 2 is 2.24 bits per heavy atom. The van der Waals surface area contributed by atoms with Gasteiger partial charge in [-0.25, -0.2) is 4.79 Å². The molecule has 1 aliphatic heterocycles. The fourth-order valence-corrected chi connectivity index (χ4v) is 2.89. The van der Waals surface area contributed by atoms with Gasteiger partial charge >= 0.3 is 5.97 Å². The Morgan fingerprint density at radius 3 is 2.94 bits per heavy atom. The van der Waals surface area contributed by atoms with Gasteiger partial charge in [0, 0.05) is 10.1 Å². The molecule has 17 heavy (non-hydrogen) atoms. The van der Waals surface area contributed by atoms with Crippen molar-refractivity contribution in [2.75, 3.05) is 13.2 Å². The molecule has 1 heterocycles. The fourth-order valence-electron chi connectivity index (χ4n) is 1.77. The van der Waals surface area contributed by atoms with E-state index in [-0.39, 0.29) is 12.1 Å². The average Bonchev–Trinajstić information content (AvgIpc) is 2.79. The zero-order valence-corrected chi connectivity index (χ0v) is 10.6. The van der Waals surface area contributed by atoms with E-state index >= 15 is 0 Å². The second kappa shape index (κ2) is 6.07. The Bertz CT molecular complexity index is 366. The molecule has 1 saturated heterocycles. The van der Waals surface area contributed by atoms with E-state index in [2.05, 4.69) is 12.1 Å². The third-order valence-electron chi connectivity index (χ3n) is 2.56. The summed E-state index contributed by atoms with van der Waals surface area (Å²) in [6, 6.07) is 10.2. The quantitative estimate of drug-likeness (QED) is 0.771. The molecule has 0 spiro atoms. The number of benzene rings is 1. The Hall–Kier alpha value is -1.00. The Balaban J connectivity index is 1.84. The highest BCUT2D eigenvalue weighted by molar-refractivity contribution is 8.00. The summed E-state index contributed by atoms with van der Waals surface area (Å²) in [7, 11) is 0. The van der Waals surface area contributed by atoms with Gasteiger partial charge in [-0.3, -0.25) is 0 Å². The number of rotatable bonds is 4. The van der Waals surface area contributed by atoms with Crippen molar-refractivity contribution in [1.29, 1.82) is 0 Å². The van der Waals surface area contributed by atoms with Crippen molar-refractivity contribution in [3.8, 4) is 0 Å². The molecule has 0 radical (unpaired) electrons. The number of carbonyl (C=O) groups is 1. The van der Waals surface area contributed by atoms with E-state index in [0.29, 0.717) is 18.5 Å². The molecule has 92 valence electrons. The van der Waals surface area contributed by atoms with Crippen LogP contribution in [0.5, 0.6) is 0 Å². The van der Waals surface area contributed by atoms with Crippen LogP contribution in [0.25, 0.3) is 0 Å². The van der Waals surface area contributed by atoms with Crippen LogP contribution in [0.15, 0.2) is 35.2 Å². The van der Waals surface area contributed by atoms with E-state index in [1.54, 1.807) is 11.8 Å². The first-order valence-corrected chi connectivity index (χ1v) is 6.67. The van der Waals surface area contributed by atoms with Crippen LogP contribution in [0.2, 0.25) is 0 Å². The Morgan fingerprint density at radius 1 is 1.47 bits per heavy atom. The summed E-state index contributed by atoms with van der Waals surface area (Å²) in [4.78, 5) is 12.7. The lowest BCUT2D eigenvalue weighted by atomic mass is 10.2. The van der Waals surface area contributed by atoms with Crippen molar-refractivity contribution in [2.24, 2.45) is 0 Å². The molecule has 4 heteroatoms. The third-order valence-corrected chi connectivity index (χ3v) is 3.76. The average molecular weight is 252 g/mol. The highest BCUT2D eigenvalue weighted by Crippen LogP contribution is 2.31. The highest BCUT2D eigenvalue weighted by Gasteiger charge is 2.32. The first-order valence-electron chi connectivity index (χ1n) is 5.79. The fraction of sp³-hybridized carbons (Fsp3) is 0.462. The molecule has 0 saturated carbocycles. The van der Waals surface area contributed by atoms with Crippen molar-refractivity contribution >= 4 is 17.7 Å². The summed E-state index contributed by atoms with van der Waals surface area (Å²) in [5.41, 5.74) is 0. The monoisotopic (exact) mass is 252 g/mol. The van der Waals surface area contributed by atoms with Crippen LogP contribution in [0, 0.1) is 0 Å². The molecular weight excluding hydrogens is 236 g/mol. The molecule has 0 N–H and O–H groups in total. The van der Waals surface area contributed by atoms with Gasteiger partial charge in [0.15, 0.2) is 6.10 Å².